The summed E-state index contributed by atoms with van der Waals surface area (Å²) in [6.45, 7) is 8.42. The van der Waals surface area contributed by atoms with E-state index in [2.05, 4.69) is 44.7 Å². The van der Waals surface area contributed by atoms with Gasteiger partial charge in [0.1, 0.15) is 0 Å². The third-order valence-corrected chi connectivity index (χ3v) is 2.26. The second-order valence-electron chi connectivity index (χ2n) is 3.53. The van der Waals surface area contributed by atoms with Crippen LogP contribution in [-0.4, -0.2) is 0 Å². The molecule has 0 spiro atoms. The summed E-state index contributed by atoms with van der Waals surface area (Å²) < 4.78 is 0. The molecule has 0 fully saturated rings. The Morgan fingerprint density at radius 2 is 2.15 bits per heavy atom. The zero-order chi connectivity index (χ0) is 9.68. The van der Waals surface area contributed by atoms with E-state index in [1.54, 1.807) is 0 Å². The first-order chi connectivity index (χ1) is 6.24. The Balaban J connectivity index is 2.68. The van der Waals surface area contributed by atoms with Gasteiger partial charge in [-0.05, 0) is 30.9 Å². The molecular weight excluding hydrogens is 156 g/mol. The van der Waals surface area contributed by atoms with E-state index in [4.69, 9.17) is 0 Å². The van der Waals surface area contributed by atoms with Crippen molar-refractivity contribution in [2.45, 2.75) is 33.1 Å². The standard InChI is InChI=1S/C13H18/c1-4-6-12(3)13-8-5-7-11(2)9-10-13/h7-10H,3-6H2,1-2H3. The number of hydrogen-bond donors (Lipinski definition) is 0. The first kappa shape index (κ1) is 10.0. The lowest BCUT2D eigenvalue weighted by atomic mass is 10.0. The molecule has 0 heterocycles. The molecule has 0 aromatic rings. The van der Waals surface area contributed by atoms with Gasteiger partial charge in [-0.2, -0.15) is 0 Å². The molecule has 0 N–H and O–H groups in total. The van der Waals surface area contributed by atoms with Gasteiger partial charge in [-0.15, -0.1) is 0 Å². The van der Waals surface area contributed by atoms with Crippen LogP contribution < -0.4 is 0 Å². The second kappa shape index (κ2) is 4.86. The van der Waals surface area contributed by atoms with Crippen LogP contribution >= 0.6 is 0 Å². The molecule has 1 rings (SSSR count). The van der Waals surface area contributed by atoms with Crippen molar-refractivity contribution in [3.8, 4) is 0 Å². The van der Waals surface area contributed by atoms with E-state index < -0.39 is 0 Å². The van der Waals surface area contributed by atoms with Crippen molar-refractivity contribution >= 4 is 0 Å². The summed E-state index contributed by atoms with van der Waals surface area (Å²) in [5.74, 6) is 0. The molecule has 0 aromatic carbocycles. The minimum atomic E-state index is 1.04. The first-order valence-electron chi connectivity index (χ1n) is 4.97. The largest absolute Gasteiger partial charge is 0.0952 e. The van der Waals surface area contributed by atoms with E-state index in [0.29, 0.717) is 0 Å². The lowest BCUT2D eigenvalue weighted by Gasteiger charge is -2.03. The molecule has 0 unspecified atom stereocenters. The Morgan fingerprint density at radius 1 is 1.38 bits per heavy atom. The summed E-state index contributed by atoms with van der Waals surface area (Å²) in [5.41, 5.74) is 3.92. The fourth-order valence-corrected chi connectivity index (χ4v) is 1.44. The highest BCUT2D eigenvalue weighted by Crippen LogP contribution is 2.19. The van der Waals surface area contributed by atoms with Crippen molar-refractivity contribution in [1.82, 2.24) is 0 Å². The zero-order valence-corrected chi connectivity index (χ0v) is 8.64. The fraction of sp³-hybridized carbons (Fsp3) is 0.385. The molecule has 0 saturated heterocycles. The molecule has 0 atom stereocenters. The van der Waals surface area contributed by atoms with Gasteiger partial charge in [-0.25, -0.2) is 0 Å². The number of rotatable bonds is 3. The van der Waals surface area contributed by atoms with Crippen LogP contribution in [0.4, 0.5) is 0 Å². The molecule has 0 saturated carbocycles. The van der Waals surface area contributed by atoms with Crippen molar-refractivity contribution < 1.29 is 0 Å². The SMILES string of the molecule is C=C(CCC)C1=CCC=C(C)C=C1. The van der Waals surface area contributed by atoms with E-state index in [1.165, 1.54) is 23.1 Å². The molecule has 0 aromatic heterocycles. The van der Waals surface area contributed by atoms with Crippen LogP contribution in [0, 0.1) is 0 Å². The molecule has 0 nitrogen and oxygen atoms in total. The molecule has 13 heavy (non-hydrogen) atoms. The Hall–Kier alpha value is -1.04. The van der Waals surface area contributed by atoms with Crippen molar-refractivity contribution in [1.29, 1.82) is 0 Å². The van der Waals surface area contributed by atoms with Gasteiger partial charge >= 0.3 is 0 Å². The molecule has 70 valence electrons. The highest BCUT2D eigenvalue weighted by molar-refractivity contribution is 5.42. The summed E-state index contributed by atoms with van der Waals surface area (Å²) in [4.78, 5) is 0. The minimum Gasteiger partial charge on any atom is -0.0952 e. The highest BCUT2D eigenvalue weighted by Gasteiger charge is 1.99. The third kappa shape index (κ3) is 3.06. The monoisotopic (exact) mass is 174 g/mol. The molecule has 0 amide bonds. The molecule has 1 aliphatic carbocycles. The summed E-state index contributed by atoms with van der Waals surface area (Å²) in [6, 6.07) is 0. The Morgan fingerprint density at radius 3 is 2.85 bits per heavy atom. The minimum absolute atomic E-state index is 1.04. The van der Waals surface area contributed by atoms with Gasteiger partial charge in [0, 0.05) is 0 Å². The Kier molecular flexibility index (Phi) is 3.75. The third-order valence-electron chi connectivity index (χ3n) is 2.26. The summed E-state index contributed by atoms with van der Waals surface area (Å²) in [7, 11) is 0. The van der Waals surface area contributed by atoms with Crippen LogP contribution in [0.25, 0.3) is 0 Å². The maximum absolute atomic E-state index is 4.09. The second-order valence-corrected chi connectivity index (χ2v) is 3.53. The van der Waals surface area contributed by atoms with E-state index in [0.717, 1.165) is 12.8 Å². The van der Waals surface area contributed by atoms with Gasteiger partial charge in [0.15, 0.2) is 0 Å². The molecule has 0 heteroatoms. The highest BCUT2D eigenvalue weighted by atomic mass is 14.0. The van der Waals surface area contributed by atoms with Crippen molar-refractivity contribution in [3.05, 3.63) is 47.6 Å². The average Bonchev–Trinajstić information content (AvgIpc) is 2.30. The summed E-state index contributed by atoms with van der Waals surface area (Å²) >= 11 is 0. The van der Waals surface area contributed by atoms with Gasteiger partial charge in [0.25, 0.3) is 0 Å². The van der Waals surface area contributed by atoms with E-state index >= 15 is 0 Å². The lowest BCUT2D eigenvalue weighted by molar-refractivity contribution is 0.920. The average molecular weight is 174 g/mol. The smallest absolute Gasteiger partial charge is 0.0154 e. The van der Waals surface area contributed by atoms with Crippen LogP contribution in [0.15, 0.2) is 47.6 Å². The maximum atomic E-state index is 4.09. The molecule has 0 bridgehead atoms. The van der Waals surface area contributed by atoms with Crippen LogP contribution in [0.1, 0.15) is 33.1 Å². The number of allylic oxidation sites excluding steroid dienone is 7. The summed E-state index contributed by atoms with van der Waals surface area (Å²) in [5, 5.41) is 0. The van der Waals surface area contributed by atoms with Crippen molar-refractivity contribution in [2.24, 2.45) is 0 Å². The molecule has 1 aliphatic rings. The molecule has 0 radical (unpaired) electrons. The van der Waals surface area contributed by atoms with Gasteiger partial charge in [-0.3, -0.25) is 0 Å². The van der Waals surface area contributed by atoms with Crippen LogP contribution in [0.3, 0.4) is 0 Å². The van der Waals surface area contributed by atoms with Crippen molar-refractivity contribution in [3.63, 3.8) is 0 Å². The Labute approximate surface area is 81.4 Å². The van der Waals surface area contributed by atoms with Gasteiger partial charge < -0.3 is 0 Å². The van der Waals surface area contributed by atoms with Gasteiger partial charge in [-0.1, -0.05) is 49.8 Å². The van der Waals surface area contributed by atoms with Crippen LogP contribution in [-0.2, 0) is 0 Å². The van der Waals surface area contributed by atoms with Crippen LogP contribution in [0.2, 0.25) is 0 Å². The molecule has 0 aliphatic heterocycles. The number of hydrogen-bond acceptors (Lipinski definition) is 0. The zero-order valence-electron chi connectivity index (χ0n) is 8.64. The predicted octanol–water partition coefficient (Wildman–Crippen LogP) is 4.18. The molecular formula is C13H18. The quantitative estimate of drug-likeness (QED) is 0.602. The predicted molar refractivity (Wildman–Crippen MR) is 59.6 cm³/mol. The van der Waals surface area contributed by atoms with Crippen molar-refractivity contribution in [2.75, 3.05) is 0 Å². The van der Waals surface area contributed by atoms with Gasteiger partial charge in [0.05, 0.1) is 0 Å². The van der Waals surface area contributed by atoms with E-state index in [-0.39, 0.29) is 0 Å². The first-order valence-corrected chi connectivity index (χ1v) is 4.97. The van der Waals surface area contributed by atoms with Gasteiger partial charge in [0.2, 0.25) is 0 Å². The van der Waals surface area contributed by atoms with Crippen LogP contribution in [0.5, 0.6) is 0 Å². The fourth-order valence-electron chi connectivity index (χ4n) is 1.44. The maximum Gasteiger partial charge on any atom is -0.0154 e. The lowest BCUT2D eigenvalue weighted by Crippen LogP contribution is -1.84. The van der Waals surface area contributed by atoms with E-state index in [9.17, 15) is 0 Å². The Bertz CT molecular complexity index is 274. The van der Waals surface area contributed by atoms with E-state index in [1.807, 2.05) is 0 Å². The summed E-state index contributed by atoms with van der Waals surface area (Å²) in [6.07, 6.45) is 12.2. The topological polar surface area (TPSA) is 0 Å². The normalized spacial score (nSPS) is 16.2.